The first-order chi connectivity index (χ1) is 11.9. The van der Waals surface area contributed by atoms with Crippen molar-refractivity contribution in [2.45, 2.75) is 64.7 Å². The van der Waals surface area contributed by atoms with E-state index in [4.69, 9.17) is 14.9 Å². The zero-order valence-electron chi connectivity index (χ0n) is 14.5. The molecule has 0 bridgehead atoms. The molecule has 0 aromatic carbocycles. The second-order valence-electron chi connectivity index (χ2n) is 5.88. The van der Waals surface area contributed by atoms with Crippen LogP contribution in [0.5, 0.6) is 5.88 Å². The van der Waals surface area contributed by atoms with Crippen LogP contribution in [0.4, 0.5) is 0 Å². The molecule has 0 spiro atoms. The minimum absolute atomic E-state index is 0.0203. The van der Waals surface area contributed by atoms with Crippen molar-refractivity contribution in [1.82, 2.24) is 4.98 Å². The standard InChI is InChI=1S/C18H25NO6/c1-2-3-10-17(24)25-18-14(7-5-9-16(22)23)11-13(12-19-18)6-4-8-15(20)21/h11-12H,2-10H2,1H3,(H,20,21)(H,22,23). The highest BCUT2D eigenvalue weighted by Gasteiger charge is 2.13. The Kier molecular flexibility index (Phi) is 9.21. The van der Waals surface area contributed by atoms with Gasteiger partial charge in [0.05, 0.1) is 0 Å². The number of carbonyl (C=O) groups is 3. The van der Waals surface area contributed by atoms with E-state index in [1.807, 2.05) is 13.0 Å². The number of nitrogens with zero attached hydrogens (tertiary/aromatic N) is 1. The summed E-state index contributed by atoms with van der Waals surface area (Å²) >= 11 is 0. The Balaban J connectivity index is 2.79. The van der Waals surface area contributed by atoms with Crippen molar-refractivity contribution in [2.75, 3.05) is 0 Å². The normalized spacial score (nSPS) is 10.4. The van der Waals surface area contributed by atoms with E-state index in [0.29, 0.717) is 37.7 Å². The highest BCUT2D eigenvalue weighted by Crippen LogP contribution is 2.21. The van der Waals surface area contributed by atoms with E-state index < -0.39 is 11.9 Å². The number of ether oxygens (including phenoxy) is 1. The monoisotopic (exact) mass is 351 g/mol. The summed E-state index contributed by atoms with van der Waals surface area (Å²) in [6, 6.07) is 1.82. The van der Waals surface area contributed by atoms with Crippen LogP contribution in [0.2, 0.25) is 0 Å². The Bertz CT molecular complexity index is 599. The van der Waals surface area contributed by atoms with Gasteiger partial charge in [0.25, 0.3) is 0 Å². The number of hydrogen-bond donors (Lipinski definition) is 2. The summed E-state index contributed by atoms with van der Waals surface area (Å²) in [4.78, 5) is 37.3. The number of carboxylic acids is 2. The maximum Gasteiger partial charge on any atom is 0.312 e. The molecule has 0 atom stereocenters. The van der Waals surface area contributed by atoms with Crippen LogP contribution in [0.1, 0.15) is 63.0 Å². The summed E-state index contributed by atoms with van der Waals surface area (Å²) in [5.74, 6) is -1.87. The number of hydrogen-bond acceptors (Lipinski definition) is 5. The van der Waals surface area contributed by atoms with E-state index in [2.05, 4.69) is 4.98 Å². The molecule has 0 radical (unpaired) electrons. The van der Waals surface area contributed by atoms with E-state index in [0.717, 1.165) is 18.4 Å². The maximum absolute atomic E-state index is 11.8. The number of unbranched alkanes of at least 4 members (excludes halogenated alkanes) is 1. The van der Waals surface area contributed by atoms with Gasteiger partial charge in [0, 0.05) is 31.0 Å². The maximum atomic E-state index is 11.8. The molecule has 1 aromatic heterocycles. The molecule has 0 fully saturated rings. The summed E-state index contributed by atoms with van der Waals surface area (Å²) in [6.45, 7) is 1.98. The van der Waals surface area contributed by atoms with Gasteiger partial charge < -0.3 is 14.9 Å². The number of pyridine rings is 1. The quantitative estimate of drug-likeness (QED) is 0.556. The number of esters is 1. The molecule has 0 saturated heterocycles. The summed E-state index contributed by atoms with van der Waals surface area (Å²) in [5.41, 5.74) is 1.53. The molecule has 138 valence electrons. The Labute approximate surface area is 147 Å². The predicted octanol–water partition coefficient (Wildman–Crippen LogP) is 2.99. The summed E-state index contributed by atoms with van der Waals surface area (Å²) in [5, 5.41) is 17.5. The van der Waals surface area contributed by atoms with Gasteiger partial charge in [-0.1, -0.05) is 13.3 Å². The second kappa shape index (κ2) is 11.2. The lowest BCUT2D eigenvalue weighted by molar-refractivity contribution is -0.138. The number of rotatable bonds is 12. The van der Waals surface area contributed by atoms with Gasteiger partial charge in [0.1, 0.15) is 0 Å². The average Bonchev–Trinajstić information content (AvgIpc) is 2.54. The van der Waals surface area contributed by atoms with Crippen molar-refractivity contribution in [3.05, 3.63) is 23.4 Å². The first kappa shape index (κ1) is 20.6. The first-order valence-corrected chi connectivity index (χ1v) is 8.54. The van der Waals surface area contributed by atoms with Gasteiger partial charge >= 0.3 is 17.9 Å². The molecule has 7 heteroatoms. The third kappa shape index (κ3) is 8.83. The topological polar surface area (TPSA) is 114 Å². The van der Waals surface area contributed by atoms with Crippen molar-refractivity contribution in [3.8, 4) is 5.88 Å². The van der Waals surface area contributed by atoms with Crippen molar-refractivity contribution < 1.29 is 29.3 Å². The predicted molar refractivity (Wildman–Crippen MR) is 90.5 cm³/mol. The zero-order valence-corrected chi connectivity index (χ0v) is 14.5. The largest absolute Gasteiger partial charge is 0.481 e. The van der Waals surface area contributed by atoms with E-state index in [1.165, 1.54) is 0 Å². The van der Waals surface area contributed by atoms with Crippen molar-refractivity contribution in [1.29, 1.82) is 0 Å². The zero-order chi connectivity index (χ0) is 18.7. The minimum Gasteiger partial charge on any atom is -0.481 e. The van der Waals surface area contributed by atoms with Crippen LogP contribution in [0, 0.1) is 0 Å². The van der Waals surface area contributed by atoms with Crippen molar-refractivity contribution in [3.63, 3.8) is 0 Å². The molecule has 0 unspecified atom stereocenters. The lowest BCUT2D eigenvalue weighted by Crippen LogP contribution is -2.11. The molecular formula is C18H25NO6. The molecule has 0 aliphatic carbocycles. The fourth-order valence-corrected chi connectivity index (χ4v) is 2.31. The van der Waals surface area contributed by atoms with Gasteiger partial charge in [-0.15, -0.1) is 0 Å². The molecule has 0 saturated carbocycles. The fourth-order valence-electron chi connectivity index (χ4n) is 2.31. The molecule has 0 aliphatic rings. The van der Waals surface area contributed by atoms with Crippen LogP contribution in [-0.4, -0.2) is 33.1 Å². The number of aryl methyl sites for hydroxylation is 2. The van der Waals surface area contributed by atoms with Crippen LogP contribution >= 0.6 is 0 Å². The smallest absolute Gasteiger partial charge is 0.312 e. The molecule has 1 rings (SSSR count). The molecule has 0 aliphatic heterocycles. The molecule has 25 heavy (non-hydrogen) atoms. The van der Waals surface area contributed by atoms with Gasteiger partial charge in [-0.05, 0) is 43.7 Å². The third-order valence-electron chi connectivity index (χ3n) is 3.62. The van der Waals surface area contributed by atoms with E-state index in [-0.39, 0.29) is 24.7 Å². The lowest BCUT2D eigenvalue weighted by Gasteiger charge is -2.11. The molecule has 0 amide bonds. The molecule has 2 N–H and O–H groups in total. The van der Waals surface area contributed by atoms with Crippen LogP contribution < -0.4 is 4.74 Å². The SMILES string of the molecule is CCCCC(=O)Oc1ncc(CCCC(=O)O)cc1CCCC(=O)O. The van der Waals surface area contributed by atoms with E-state index in [9.17, 15) is 14.4 Å². The van der Waals surface area contributed by atoms with E-state index >= 15 is 0 Å². The summed E-state index contributed by atoms with van der Waals surface area (Å²) in [6.07, 6.45) is 5.48. The second-order valence-corrected chi connectivity index (χ2v) is 5.88. The molecule has 1 heterocycles. The fraction of sp³-hybridized carbons (Fsp3) is 0.556. The average molecular weight is 351 g/mol. The Morgan fingerprint density at radius 2 is 1.64 bits per heavy atom. The highest BCUT2D eigenvalue weighted by atomic mass is 16.5. The summed E-state index contributed by atoms with van der Waals surface area (Å²) < 4.78 is 5.31. The number of aromatic nitrogens is 1. The van der Waals surface area contributed by atoms with Gasteiger partial charge in [-0.2, -0.15) is 0 Å². The number of carboxylic acid groups (broad SMARTS) is 2. The van der Waals surface area contributed by atoms with Crippen LogP contribution in [-0.2, 0) is 27.2 Å². The van der Waals surface area contributed by atoms with Crippen LogP contribution in [0.25, 0.3) is 0 Å². The number of aliphatic carboxylic acids is 2. The molecular weight excluding hydrogens is 326 g/mol. The van der Waals surface area contributed by atoms with Gasteiger partial charge in [0.2, 0.25) is 5.88 Å². The first-order valence-electron chi connectivity index (χ1n) is 8.54. The summed E-state index contributed by atoms with van der Waals surface area (Å²) in [7, 11) is 0. The Hall–Kier alpha value is -2.44. The molecule has 7 nitrogen and oxygen atoms in total. The van der Waals surface area contributed by atoms with Crippen LogP contribution in [0.3, 0.4) is 0 Å². The molecule has 1 aromatic rings. The number of carbonyl (C=O) groups excluding carboxylic acids is 1. The lowest BCUT2D eigenvalue weighted by atomic mass is 10.0. The van der Waals surface area contributed by atoms with Crippen LogP contribution in [0.15, 0.2) is 12.3 Å². The van der Waals surface area contributed by atoms with Gasteiger partial charge in [-0.25, -0.2) is 4.98 Å². The minimum atomic E-state index is -0.882. The third-order valence-corrected chi connectivity index (χ3v) is 3.62. The van der Waals surface area contributed by atoms with E-state index in [1.54, 1.807) is 6.20 Å². The van der Waals surface area contributed by atoms with Gasteiger partial charge in [0.15, 0.2) is 0 Å². The highest BCUT2D eigenvalue weighted by molar-refractivity contribution is 5.72. The van der Waals surface area contributed by atoms with Gasteiger partial charge in [-0.3, -0.25) is 14.4 Å². The Morgan fingerprint density at radius 3 is 2.24 bits per heavy atom. The van der Waals surface area contributed by atoms with Crippen molar-refractivity contribution >= 4 is 17.9 Å². The Morgan fingerprint density at radius 1 is 1.00 bits per heavy atom. The van der Waals surface area contributed by atoms with Crippen molar-refractivity contribution in [2.24, 2.45) is 0 Å².